The van der Waals surface area contributed by atoms with E-state index in [1.807, 2.05) is 55.5 Å². The normalized spacial score (nSPS) is 11.5. The van der Waals surface area contributed by atoms with Crippen LogP contribution in [0.5, 0.6) is 5.75 Å². The summed E-state index contributed by atoms with van der Waals surface area (Å²) >= 11 is 7.19. The summed E-state index contributed by atoms with van der Waals surface area (Å²) in [6, 6.07) is 20.8. The Hall–Kier alpha value is -2.94. The molecule has 0 saturated carbocycles. The highest BCUT2D eigenvalue weighted by Gasteiger charge is 2.27. The summed E-state index contributed by atoms with van der Waals surface area (Å²) in [5.74, 6) is -0.625. The van der Waals surface area contributed by atoms with E-state index in [1.54, 1.807) is 0 Å². The Balaban J connectivity index is 1.70. The van der Waals surface area contributed by atoms with E-state index in [2.05, 4.69) is 4.98 Å². The molecule has 4 rings (SSSR count). The Labute approximate surface area is 201 Å². The van der Waals surface area contributed by atoms with Crippen LogP contribution in [0.1, 0.15) is 12.5 Å². The first-order valence-corrected chi connectivity index (χ1v) is 13.1. The molecule has 1 aromatic heterocycles. The van der Waals surface area contributed by atoms with Gasteiger partial charge in [0.05, 0.1) is 22.7 Å². The van der Waals surface area contributed by atoms with Crippen molar-refractivity contribution < 1.29 is 17.9 Å². The maximum absolute atomic E-state index is 13.3. The van der Waals surface area contributed by atoms with Gasteiger partial charge in [-0.3, -0.25) is 9.69 Å². The maximum atomic E-state index is 13.3. The van der Waals surface area contributed by atoms with Gasteiger partial charge in [-0.05, 0) is 48.9 Å². The van der Waals surface area contributed by atoms with Crippen LogP contribution in [0.4, 0.5) is 5.13 Å². The Bertz CT molecular complexity index is 1370. The number of fused-ring (bicyclic) bond motifs is 1. The van der Waals surface area contributed by atoms with Gasteiger partial charge < -0.3 is 4.74 Å². The smallest absolute Gasteiger partial charge is 0.244 e. The minimum atomic E-state index is -3.87. The van der Waals surface area contributed by atoms with Crippen LogP contribution in [0.15, 0.2) is 77.7 Å². The number of ether oxygens (including phenoxy) is 1. The van der Waals surface area contributed by atoms with Gasteiger partial charge in [0.25, 0.3) is 0 Å². The lowest BCUT2D eigenvalue weighted by Crippen LogP contribution is -2.35. The number of carbonyl (C=O) groups excluding carboxylic acids is 1. The molecule has 0 saturated heterocycles. The molecule has 4 aromatic rings. The van der Waals surface area contributed by atoms with Crippen molar-refractivity contribution in [3.05, 3.63) is 83.4 Å². The molecule has 0 fully saturated rings. The molecule has 0 atom stereocenters. The molecular formula is C24H21ClN2O4S2. The second-order valence-corrected chi connectivity index (χ2v) is 10.6. The van der Waals surface area contributed by atoms with Crippen molar-refractivity contribution in [1.29, 1.82) is 0 Å². The summed E-state index contributed by atoms with van der Waals surface area (Å²) in [6.45, 7) is 2.57. The molecule has 0 aliphatic heterocycles. The minimum Gasteiger partial charge on any atom is -0.492 e. The number of hydrogen-bond donors (Lipinski definition) is 0. The Kier molecular flexibility index (Phi) is 6.97. The molecule has 6 nitrogen and oxygen atoms in total. The van der Waals surface area contributed by atoms with E-state index >= 15 is 0 Å². The average Bonchev–Trinajstić information content (AvgIpc) is 3.23. The molecule has 170 valence electrons. The van der Waals surface area contributed by atoms with Crippen LogP contribution in [-0.4, -0.2) is 31.7 Å². The zero-order valence-corrected chi connectivity index (χ0v) is 20.2. The van der Waals surface area contributed by atoms with Gasteiger partial charge in [-0.15, -0.1) is 0 Å². The highest BCUT2D eigenvalue weighted by molar-refractivity contribution is 7.92. The highest BCUT2D eigenvalue weighted by Crippen LogP contribution is 2.35. The SMILES string of the molecule is CCOc1cccc2sc(N(Cc3ccccc3)C(=O)CS(=O)(=O)c3ccc(Cl)cc3)nc12. The number of anilines is 1. The summed E-state index contributed by atoms with van der Waals surface area (Å²) in [5, 5.41) is 0.836. The number of thiazole rings is 1. The molecule has 1 amide bonds. The first-order valence-electron chi connectivity index (χ1n) is 10.2. The third-order valence-electron chi connectivity index (χ3n) is 4.87. The molecule has 0 radical (unpaired) electrons. The molecule has 3 aromatic carbocycles. The van der Waals surface area contributed by atoms with E-state index in [0.29, 0.717) is 28.0 Å². The maximum Gasteiger partial charge on any atom is 0.244 e. The van der Waals surface area contributed by atoms with Crippen molar-refractivity contribution in [2.45, 2.75) is 18.4 Å². The van der Waals surface area contributed by atoms with E-state index in [-0.39, 0.29) is 11.4 Å². The molecule has 9 heteroatoms. The predicted octanol–water partition coefficient (Wildman–Crippen LogP) is 5.36. The van der Waals surface area contributed by atoms with Gasteiger partial charge in [-0.2, -0.15) is 0 Å². The Morgan fingerprint density at radius 3 is 2.45 bits per heavy atom. The van der Waals surface area contributed by atoms with E-state index in [1.165, 1.54) is 40.5 Å². The van der Waals surface area contributed by atoms with E-state index in [4.69, 9.17) is 16.3 Å². The minimum absolute atomic E-state index is 0.0443. The molecule has 1 heterocycles. The third kappa shape index (κ3) is 5.35. The van der Waals surface area contributed by atoms with E-state index < -0.39 is 21.5 Å². The Morgan fingerprint density at radius 2 is 1.76 bits per heavy atom. The van der Waals surface area contributed by atoms with E-state index in [0.717, 1.165) is 10.3 Å². The van der Waals surface area contributed by atoms with Gasteiger partial charge in [0.15, 0.2) is 15.0 Å². The van der Waals surface area contributed by atoms with Gasteiger partial charge in [-0.1, -0.05) is 59.3 Å². The Morgan fingerprint density at radius 1 is 1.03 bits per heavy atom. The molecule has 33 heavy (non-hydrogen) atoms. The van der Waals surface area contributed by atoms with Gasteiger partial charge in [0, 0.05) is 5.02 Å². The van der Waals surface area contributed by atoms with Crippen molar-refractivity contribution in [1.82, 2.24) is 4.98 Å². The lowest BCUT2D eigenvalue weighted by molar-refractivity contribution is -0.116. The van der Waals surface area contributed by atoms with Crippen molar-refractivity contribution in [3.8, 4) is 5.75 Å². The first-order chi connectivity index (χ1) is 15.9. The number of halogens is 1. The fourth-order valence-electron chi connectivity index (χ4n) is 3.29. The van der Waals surface area contributed by atoms with Crippen molar-refractivity contribution in [2.24, 2.45) is 0 Å². The quantitative estimate of drug-likeness (QED) is 0.325. The van der Waals surface area contributed by atoms with Crippen molar-refractivity contribution >= 4 is 54.0 Å². The van der Waals surface area contributed by atoms with Crippen LogP contribution in [0.25, 0.3) is 10.2 Å². The van der Waals surface area contributed by atoms with Crippen LogP contribution in [0.2, 0.25) is 5.02 Å². The topological polar surface area (TPSA) is 76.6 Å². The highest BCUT2D eigenvalue weighted by atomic mass is 35.5. The lowest BCUT2D eigenvalue weighted by Gasteiger charge is -2.20. The third-order valence-corrected chi connectivity index (χ3v) is 7.79. The van der Waals surface area contributed by atoms with Crippen LogP contribution in [-0.2, 0) is 21.2 Å². The lowest BCUT2D eigenvalue weighted by atomic mass is 10.2. The number of amides is 1. The zero-order valence-electron chi connectivity index (χ0n) is 17.8. The molecule has 0 bridgehead atoms. The summed E-state index contributed by atoms with van der Waals surface area (Å²) in [6.07, 6.45) is 0. The molecule has 0 aliphatic carbocycles. The van der Waals surface area contributed by atoms with Crippen LogP contribution >= 0.6 is 22.9 Å². The monoisotopic (exact) mass is 500 g/mol. The van der Waals surface area contributed by atoms with Gasteiger partial charge >= 0.3 is 0 Å². The van der Waals surface area contributed by atoms with Crippen molar-refractivity contribution in [2.75, 3.05) is 17.3 Å². The van der Waals surface area contributed by atoms with Crippen LogP contribution in [0.3, 0.4) is 0 Å². The molecule has 0 aliphatic rings. The number of carbonyl (C=O) groups is 1. The molecule has 0 spiro atoms. The first kappa shape index (κ1) is 23.2. The molecular weight excluding hydrogens is 480 g/mol. The number of aromatic nitrogens is 1. The number of sulfone groups is 1. The second-order valence-electron chi connectivity index (χ2n) is 7.21. The summed E-state index contributed by atoms with van der Waals surface area (Å²) in [5.41, 5.74) is 1.50. The number of nitrogens with zero attached hydrogens (tertiary/aromatic N) is 2. The largest absolute Gasteiger partial charge is 0.492 e. The summed E-state index contributed by atoms with van der Waals surface area (Å²) in [4.78, 5) is 19.5. The second kappa shape index (κ2) is 9.91. The van der Waals surface area contributed by atoms with Gasteiger partial charge in [0.1, 0.15) is 17.0 Å². The molecule has 0 N–H and O–H groups in total. The number of para-hydroxylation sites is 1. The predicted molar refractivity (Wildman–Crippen MR) is 132 cm³/mol. The number of rotatable bonds is 8. The van der Waals surface area contributed by atoms with E-state index in [9.17, 15) is 13.2 Å². The fourth-order valence-corrected chi connectivity index (χ4v) is 5.62. The summed E-state index contributed by atoms with van der Waals surface area (Å²) < 4.78 is 32.4. The number of hydrogen-bond acceptors (Lipinski definition) is 6. The van der Waals surface area contributed by atoms with Gasteiger partial charge in [-0.25, -0.2) is 13.4 Å². The van der Waals surface area contributed by atoms with Crippen molar-refractivity contribution in [3.63, 3.8) is 0 Å². The van der Waals surface area contributed by atoms with Crippen LogP contribution in [0, 0.1) is 0 Å². The fraction of sp³-hybridized carbons (Fsp3) is 0.167. The summed E-state index contributed by atoms with van der Waals surface area (Å²) in [7, 11) is -3.87. The van der Waals surface area contributed by atoms with Crippen LogP contribution < -0.4 is 9.64 Å². The standard InChI is InChI=1S/C24H21ClN2O4S2/c1-2-31-20-9-6-10-21-23(20)26-24(32-21)27(15-17-7-4-3-5-8-17)22(28)16-33(29,30)19-13-11-18(25)12-14-19/h3-14H,2,15-16H2,1H3. The van der Waals surface area contributed by atoms with Gasteiger partial charge in [0.2, 0.25) is 5.91 Å². The molecule has 0 unspecified atom stereocenters. The average molecular weight is 501 g/mol. The zero-order chi connectivity index (χ0) is 23.4. The number of benzene rings is 3.